The van der Waals surface area contributed by atoms with Crippen LogP contribution in [-0.4, -0.2) is 59.1 Å². The minimum atomic E-state index is 0.593. The van der Waals surface area contributed by atoms with E-state index in [0.29, 0.717) is 33.0 Å². The van der Waals surface area contributed by atoms with Crippen molar-refractivity contribution < 1.29 is 14.2 Å². The summed E-state index contributed by atoms with van der Waals surface area (Å²) in [5.41, 5.74) is 1.14. The molecule has 0 saturated carbocycles. The Kier molecular flexibility index (Phi) is 11.5. The zero-order valence-electron chi connectivity index (χ0n) is 15.1. The molecule has 6 nitrogen and oxygen atoms in total. The Labute approximate surface area is 145 Å². The third-order valence-corrected chi connectivity index (χ3v) is 3.24. The minimum Gasteiger partial charge on any atom is -0.491 e. The molecule has 0 heterocycles. The van der Waals surface area contributed by atoms with Crippen molar-refractivity contribution in [3.8, 4) is 5.75 Å². The van der Waals surface area contributed by atoms with E-state index >= 15 is 0 Å². The predicted molar refractivity (Wildman–Crippen MR) is 98.0 cm³/mol. The lowest BCUT2D eigenvalue weighted by Gasteiger charge is -2.13. The van der Waals surface area contributed by atoms with Crippen molar-refractivity contribution in [1.29, 1.82) is 0 Å². The molecule has 0 radical (unpaired) electrons. The lowest BCUT2D eigenvalue weighted by molar-refractivity contribution is 0.0702. The fourth-order valence-electron chi connectivity index (χ4n) is 1.99. The van der Waals surface area contributed by atoms with E-state index in [2.05, 4.69) is 22.5 Å². The molecule has 0 aromatic heterocycles. The van der Waals surface area contributed by atoms with Gasteiger partial charge in [0.25, 0.3) is 0 Å². The second-order valence-electron chi connectivity index (χ2n) is 5.26. The molecule has 0 atom stereocenters. The van der Waals surface area contributed by atoms with Crippen LogP contribution in [0.4, 0.5) is 0 Å². The van der Waals surface area contributed by atoms with Crippen LogP contribution in [0.2, 0.25) is 0 Å². The number of guanidine groups is 1. The van der Waals surface area contributed by atoms with Gasteiger partial charge in [0.1, 0.15) is 12.4 Å². The summed E-state index contributed by atoms with van der Waals surface area (Å²) in [6.07, 6.45) is 0.889. The normalized spacial score (nSPS) is 11.4. The third-order valence-electron chi connectivity index (χ3n) is 3.24. The summed E-state index contributed by atoms with van der Waals surface area (Å²) in [6, 6.07) is 8.02. The highest BCUT2D eigenvalue weighted by atomic mass is 16.5. The van der Waals surface area contributed by atoms with Crippen molar-refractivity contribution in [2.24, 2.45) is 4.99 Å². The Hall–Kier alpha value is -1.79. The van der Waals surface area contributed by atoms with Gasteiger partial charge in [-0.1, -0.05) is 18.2 Å². The standard InChI is InChI=1S/C18H31N3O3/c1-4-19-18(20-10-7-12-23-15-14-22-3)21-11-13-24-17-9-6-5-8-16(17)2/h5-6,8-9H,4,7,10-15H2,1-3H3,(H2,19,20,21). The van der Waals surface area contributed by atoms with Gasteiger partial charge < -0.3 is 24.8 Å². The molecule has 0 bridgehead atoms. The second-order valence-corrected chi connectivity index (χ2v) is 5.26. The summed E-state index contributed by atoms with van der Waals surface area (Å²) in [6.45, 7) is 8.90. The van der Waals surface area contributed by atoms with E-state index in [1.165, 1.54) is 0 Å². The molecule has 6 heteroatoms. The first-order chi connectivity index (χ1) is 11.8. The van der Waals surface area contributed by atoms with Gasteiger partial charge in [-0.3, -0.25) is 4.99 Å². The highest BCUT2D eigenvalue weighted by Crippen LogP contribution is 2.15. The molecular formula is C18H31N3O3. The summed E-state index contributed by atoms with van der Waals surface area (Å²) >= 11 is 0. The van der Waals surface area contributed by atoms with E-state index in [-0.39, 0.29) is 0 Å². The SMILES string of the molecule is CCNC(=NCCCOCCOC)NCCOc1ccccc1C. The lowest BCUT2D eigenvalue weighted by Crippen LogP contribution is -2.39. The molecule has 2 N–H and O–H groups in total. The van der Waals surface area contributed by atoms with Gasteiger partial charge in [-0.05, 0) is 31.9 Å². The first-order valence-corrected chi connectivity index (χ1v) is 8.55. The van der Waals surface area contributed by atoms with Crippen LogP contribution in [0.25, 0.3) is 0 Å². The highest BCUT2D eigenvalue weighted by Gasteiger charge is 1.99. The van der Waals surface area contributed by atoms with Crippen LogP contribution in [0.3, 0.4) is 0 Å². The van der Waals surface area contributed by atoms with Gasteiger partial charge in [0, 0.05) is 26.8 Å². The summed E-state index contributed by atoms with van der Waals surface area (Å²) < 4.78 is 16.1. The summed E-state index contributed by atoms with van der Waals surface area (Å²) in [4.78, 5) is 4.52. The van der Waals surface area contributed by atoms with Gasteiger partial charge >= 0.3 is 0 Å². The van der Waals surface area contributed by atoms with Gasteiger partial charge in [0.05, 0.1) is 19.8 Å². The lowest BCUT2D eigenvalue weighted by atomic mass is 10.2. The van der Waals surface area contributed by atoms with Gasteiger partial charge in [-0.2, -0.15) is 0 Å². The number of aliphatic imine (C=N–C) groups is 1. The van der Waals surface area contributed by atoms with Crippen LogP contribution in [0, 0.1) is 6.92 Å². The number of aryl methyl sites for hydroxylation is 1. The quantitative estimate of drug-likeness (QED) is 0.347. The van der Waals surface area contributed by atoms with Crippen molar-refractivity contribution in [2.75, 3.05) is 53.2 Å². The van der Waals surface area contributed by atoms with Crippen LogP contribution < -0.4 is 15.4 Å². The molecule has 0 saturated heterocycles. The first kappa shape index (κ1) is 20.3. The Morgan fingerprint density at radius 1 is 1.08 bits per heavy atom. The number of nitrogens with one attached hydrogen (secondary N) is 2. The zero-order valence-corrected chi connectivity index (χ0v) is 15.1. The van der Waals surface area contributed by atoms with E-state index in [0.717, 1.165) is 36.8 Å². The molecule has 1 aromatic rings. The Bertz CT molecular complexity index is 467. The Morgan fingerprint density at radius 2 is 1.92 bits per heavy atom. The number of hydrogen-bond donors (Lipinski definition) is 2. The molecule has 0 amide bonds. The second kappa shape index (κ2) is 13.6. The molecule has 0 spiro atoms. The topological polar surface area (TPSA) is 64.1 Å². The van der Waals surface area contributed by atoms with E-state index in [9.17, 15) is 0 Å². The number of nitrogens with zero attached hydrogens (tertiary/aromatic N) is 1. The number of benzene rings is 1. The van der Waals surface area contributed by atoms with Crippen molar-refractivity contribution in [3.63, 3.8) is 0 Å². The Morgan fingerprint density at radius 3 is 2.67 bits per heavy atom. The molecular weight excluding hydrogens is 306 g/mol. The van der Waals surface area contributed by atoms with Gasteiger partial charge in [-0.15, -0.1) is 0 Å². The number of hydrogen-bond acceptors (Lipinski definition) is 4. The molecule has 0 aliphatic heterocycles. The number of para-hydroxylation sites is 1. The maximum Gasteiger partial charge on any atom is 0.191 e. The third kappa shape index (κ3) is 9.37. The van der Waals surface area contributed by atoms with Gasteiger partial charge in [-0.25, -0.2) is 0 Å². The van der Waals surface area contributed by atoms with Crippen LogP contribution in [0.15, 0.2) is 29.3 Å². The maximum absolute atomic E-state index is 5.77. The van der Waals surface area contributed by atoms with E-state index in [4.69, 9.17) is 14.2 Å². The number of methoxy groups -OCH3 is 1. The summed E-state index contributed by atoms with van der Waals surface area (Å²) in [5, 5.41) is 6.50. The molecule has 1 aromatic carbocycles. The molecule has 0 fully saturated rings. The predicted octanol–water partition coefficient (Wildman–Crippen LogP) is 1.98. The van der Waals surface area contributed by atoms with Crippen molar-refractivity contribution in [1.82, 2.24) is 10.6 Å². The average molecular weight is 337 g/mol. The van der Waals surface area contributed by atoms with Crippen LogP contribution in [0.1, 0.15) is 18.9 Å². The van der Waals surface area contributed by atoms with Crippen molar-refractivity contribution in [3.05, 3.63) is 29.8 Å². The minimum absolute atomic E-state index is 0.593. The monoisotopic (exact) mass is 337 g/mol. The van der Waals surface area contributed by atoms with Crippen LogP contribution in [-0.2, 0) is 9.47 Å². The smallest absolute Gasteiger partial charge is 0.191 e. The first-order valence-electron chi connectivity index (χ1n) is 8.55. The molecule has 0 aliphatic carbocycles. The fourth-order valence-corrected chi connectivity index (χ4v) is 1.99. The van der Waals surface area contributed by atoms with Crippen molar-refractivity contribution >= 4 is 5.96 Å². The molecule has 24 heavy (non-hydrogen) atoms. The number of ether oxygens (including phenoxy) is 3. The zero-order chi connectivity index (χ0) is 17.5. The van der Waals surface area contributed by atoms with E-state index in [1.807, 2.05) is 31.2 Å². The highest BCUT2D eigenvalue weighted by molar-refractivity contribution is 5.79. The van der Waals surface area contributed by atoms with E-state index < -0.39 is 0 Å². The molecule has 0 aliphatic rings. The van der Waals surface area contributed by atoms with Crippen LogP contribution >= 0.6 is 0 Å². The summed E-state index contributed by atoms with van der Waals surface area (Å²) in [7, 11) is 1.67. The molecule has 136 valence electrons. The average Bonchev–Trinajstić information content (AvgIpc) is 2.59. The van der Waals surface area contributed by atoms with Gasteiger partial charge in [0.2, 0.25) is 0 Å². The van der Waals surface area contributed by atoms with E-state index in [1.54, 1.807) is 7.11 Å². The van der Waals surface area contributed by atoms with Gasteiger partial charge in [0.15, 0.2) is 5.96 Å². The molecule has 0 unspecified atom stereocenters. The molecule has 1 rings (SSSR count). The summed E-state index contributed by atoms with van der Waals surface area (Å²) in [5.74, 6) is 1.73. The Balaban J connectivity index is 2.20. The fraction of sp³-hybridized carbons (Fsp3) is 0.611. The van der Waals surface area contributed by atoms with Crippen molar-refractivity contribution in [2.45, 2.75) is 20.3 Å². The largest absolute Gasteiger partial charge is 0.491 e. The number of rotatable bonds is 12. The van der Waals surface area contributed by atoms with Crippen LogP contribution in [0.5, 0.6) is 5.75 Å². The maximum atomic E-state index is 5.77.